The van der Waals surface area contributed by atoms with Gasteiger partial charge in [-0.15, -0.1) is 17.0 Å². The predicted molar refractivity (Wildman–Crippen MR) is 136 cm³/mol. The SMILES string of the molecule is Br.CCCCCCCC.CCCCCCCC.CCCCCCCCNC. The Bertz CT molecular complexity index is 153. The summed E-state index contributed by atoms with van der Waals surface area (Å²) < 4.78 is 0. The average molecular weight is 453 g/mol. The Morgan fingerprint density at radius 3 is 0.815 bits per heavy atom. The Morgan fingerprint density at radius 2 is 0.593 bits per heavy atom. The molecule has 0 aliphatic heterocycles. The molecule has 0 amide bonds. The summed E-state index contributed by atoms with van der Waals surface area (Å²) in [6.45, 7) is 12.5. The molecular weight excluding hydrogens is 394 g/mol. The van der Waals surface area contributed by atoms with Crippen molar-refractivity contribution in [3.8, 4) is 0 Å². The topological polar surface area (TPSA) is 12.0 Å². The van der Waals surface area contributed by atoms with Crippen molar-refractivity contribution in [3.63, 3.8) is 0 Å². The summed E-state index contributed by atoms with van der Waals surface area (Å²) in [5.74, 6) is 0. The van der Waals surface area contributed by atoms with E-state index < -0.39 is 0 Å². The van der Waals surface area contributed by atoms with Crippen LogP contribution in [0.3, 0.4) is 0 Å². The van der Waals surface area contributed by atoms with E-state index in [0.717, 1.165) is 0 Å². The molecule has 1 nitrogen and oxygen atoms in total. The molecule has 0 unspecified atom stereocenters. The fourth-order valence-electron chi connectivity index (χ4n) is 2.79. The summed E-state index contributed by atoms with van der Waals surface area (Å²) in [5.41, 5.74) is 0. The molecule has 27 heavy (non-hydrogen) atoms. The molecule has 0 bridgehead atoms. The second-order valence-corrected chi connectivity index (χ2v) is 7.70. The van der Waals surface area contributed by atoms with Gasteiger partial charge in [0.05, 0.1) is 0 Å². The minimum Gasteiger partial charge on any atom is -0.320 e. The maximum absolute atomic E-state index is 3.16. The minimum absolute atomic E-state index is 0. The van der Waals surface area contributed by atoms with E-state index in [1.54, 1.807) is 0 Å². The van der Waals surface area contributed by atoms with Gasteiger partial charge in [-0.2, -0.15) is 0 Å². The van der Waals surface area contributed by atoms with E-state index in [1.807, 2.05) is 7.05 Å². The standard InChI is InChI=1S/C9H21N.2C8H18.BrH/c1-3-4-5-6-7-8-9-10-2;2*1-3-5-7-8-6-4-2;/h10H,3-9H2,1-2H3;2*3-8H2,1-2H3;1H. The molecule has 0 aromatic rings. The van der Waals surface area contributed by atoms with Crippen molar-refractivity contribution in [2.45, 2.75) is 150 Å². The molecule has 0 aliphatic carbocycles. The van der Waals surface area contributed by atoms with Crippen LogP contribution in [-0.4, -0.2) is 13.6 Å². The highest BCUT2D eigenvalue weighted by Crippen LogP contribution is 2.04. The molecule has 0 saturated heterocycles. The quantitative estimate of drug-likeness (QED) is 0.216. The fourth-order valence-corrected chi connectivity index (χ4v) is 2.79. The molecule has 170 valence electrons. The van der Waals surface area contributed by atoms with Crippen molar-refractivity contribution >= 4 is 17.0 Å². The first-order valence-electron chi connectivity index (χ1n) is 12.4. The zero-order valence-electron chi connectivity index (χ0n) is 20.3. The van der Waals surface area contributed by atoms with Gasteiger partial charge in [0.25, 0.3) is 0 Å². The van der Waals surface area contributed by atoms with Gasteiger partial charge >= 0.3 is 0 Å². The first kappa shape index (κ1) is 34.9. The Kier molecular flexibility index (Phi) is 53.0. The summed E-state index contributed by atoms with van der Waals surface area (Å²) in [7, 11) is 2.02. The van der Waals surface area contributed by atoms with E-state index in [0.29, 0.717) is 0 Å². The normalized spacial score (nSPS) is 9.56. The molecule has 0 aromatic heterocycles. The Balaban J connectivity index is -0.000000146. The third-order valence-electron chi connectivity index (χ3n) is 4.69. The van der Waals surface area contributed by atoms with Crippen molar-refractivity contribution in [3.05, 3.63) is 0 Å². The van der Waals surface area contributed by atoms with Gasteiger partial charge in [-0.3, -0.25) is 0 Å². The van der Waals surface area contributed by atoms with E-state index in [4.69, 9.17) is 0 Å². The Morgan fingerprint density at radius 1 is 0.370 bits per heavy atom. The summed E-state index contributed by atoms with van der Waals surface area (Å²) in [5, 5.41) is 3.16. The van der Waals surface area contributed by atoms with Gasteiger partial charge in [-0.05, 0) is 20.0 Å². The van der Waals surface area contributed by atoms with E-state index in [-0.39, 0.29) is 17.0 Å². The number of hydrogen-bond donors (Lipinski definition) is 1. The van der Waals surface area contributed by atoms with Gasteiger partial charge in [0.1, 0.15) is 0 Å². The molecule has 0 rings (SSSR count). The highest BCUT2D eigenvalue weighted by molar-refractivity contribution is 8.93. The lowest BCUT2D eigenvalue weighted by molar-refractivity contribution is 0.592. The van der Waals surface area contributed by atoms with Crippen LogP contribution < -0.4 is 5.32 Å². The van der Waals surface area contributed by atoms with E-state index in [9.17, 15) is 0 Å². The van der Waals surface area contributed by atoms with Gasteiger partial charge in [-0.25, -0.2) is 0 Å². The van der Waals surface area contributed by atoms with Crippen LogP contribution in [0.4, 0.5) is 0 Å². The Labute approximate surface area is 186 Å². The Hall–Kier alpha value is 0.440. The lowest BCUT2D eigenvalue weighted by Gasteiger charge is -1.98. The van der Waals surface area contributed by atoms with Gasteiger partial charge < -0.3 is 5.32 Å². The second-order valence-electron chi connectivity index (χ2n) is 7.70. The first-order chi connectivity index (χ1) is 12.7. The largest absolute Gasteiger partial charge is 0.320 e. The van der Waals surface area contributed by atoms with E-state index in [1.165, 1.54) is 122 Å². The van der Waals surface area contributed by atoms with Crippen LogP contribution in [0.1, 0.15) is 150 Å². The molecule has 0 radical (unpaired) electrons. The van der Waals surface area contributed by atoms with Crippen LogP contribution in [-0.2, 0) is 0 Å². The number of rotatable bonds is 17. The van der Waals surface area contributed by atoms with Gasteiger partial charge in [0.2, 0.25) is 0 Å². The van der Waals surface area contributed by atoms with Gasteiger partial charge in [-0.1, -0.05) is 144 Å². The molecule has 0 heterocycles. The van der Waals surface area contributed by atoms with Crippen LogP contribution >= 0.6 is 17.0 Å². The fraction of sp³-hybridized carbons (Fsp3) is 1.00. The third-order valence-corrected chi connectivity index (χ3v) is 4.69. The van der Waals surface area contributed by atoms with Crippen molar-refractivity contribution < 1.29 is 0 Å². The number of hydrogen-bond acceptors (Lipinski definition) is 1. The minimum atomic E-state index is 0. The monoisotopic (exact) mass is 451 g/mol. The molecule has 2 heteroatoms. The van der Waals surface area contributed by atoms with Crippen molar-refractivity contribution in [1.29, 1.82) is 0 Å². The highest BCUT2D eigenvalue weighted by Gasteiger charge is 1.87. The summed E-state index contributed by atoms with van der Waals surface area (Å²) >= 11 is 0. The summed E-state index contributed by atoms with van der Waals surface area (Å²) in [6.07, 6.45) is 25.4. The van der Waals surface area contributed by atoms with Crippen LogP contribution in [0.15, 0.2) is 0 Å². The van der Waals surface area contributed by atoms with Crippen LogP contribution in [0.2, 0.25) is 0 Å². The summed E-state index contributed by atoms with van der Waals surface area (Å²) in [4.78, 5) is 0. The van der Waals surface area contributed by atoms with Crippen molar-refractivity contribution in [2.75, 3.05) is 13.6 Å². The molecule has 0 spiro atoms. The molecular formula is C25H58BrN. The van der Waals surface area contributed by atoms with Crippen LogP contribution in [0.5, 0.6) is 0 Å². The zero-order chi connectivity index (χ0) is 20.1. The molecule has 0 atom stereocenters. The third kappa shape index (κ3) is 51.9. The van der Waals surface area contributed by atoms with Gasteiger partial charge in [0.15, 0.2) is 0 Å². The highest BCUT2D eigenvalue weighted by atomic mass is 79.9. The van der Waals surface area contributed by atoms with Crippen LogP contribution in [0.25, 0.3) is 0 Å². The maximum atomic E-state index is 3.16. The first-order valence-corrected chi connectivity index (χ1v) is 12.4. The lowest BCUT2D eigenvalue weighted by atomic mass is 10.1. The van der Waals surface area contributed by atoms with E-state index in [2.05, 4.69) is 39.9 Å². The molecule has 0 aromatic carbocycles. The smallest absolute Gasteiger partial charge is 0.00519 e. The maximum Gasteiger partial charge on any atom is -0.00519 e. The molecule has 0 saturated carbocycles. The predicted octanol–water partition coefficient (Wildman–Crippen LogP) is 9.88. The second kappa shape index (κ2) is 41.0. The van der Waals surface area contributed by atoms with Gasteiger partial charge in [0, 0.05) is 0 Å². The van der Waals surface area contributed by atoms with Crippen molar-refractivity contribution in [2.24, 2.45) is 0 Å². The number of unbranched alkanes of at least 4 members (excludes halogenated alkanes) is 15. The van der Waals surface area contributed by atoms with Crippen LogP contribution in [0, 0.1) is 0 Å². The summed E-state index contributed by atoms with van der Waals surface area (Å²) in [6, 6.07) is 0. The molecule has 0 fully saturated rings. The van der Waals surface area contributed by atoms with E-state index >= 15 is 0 Å². The number of halogens is 1. The average Bonchev–Trinajstić information content (AvgIpc) is 2.66. The van der Waals surface area contributed by atoms with Crippen molar-refractivity contribution in [1.82, 2.24) is 5.32 Å². The molecule has 0 aliphatic rings. The number of nitrogens with one attached hydrogen (secondary N) is 1. The lowest BCUT2D eigenvalue weighted by Crippen LogP contribution is -2.06. The molecule has 1 N–H and O–H groups in total. The zero-order valence-corrected chi connectivity index (χ0v) is 22.1.